The zero-order valence-electron chi connectivity index (χ0n) is 74.3. The highest BCUT2D eigenvalue weighted by Crippen LogP contribution is 2.44. The van der Waals surface area contributed by atoms with E-state index < -0.39 is 120 Å². The van der Waals surface area contributed by atoms with Crippen molar-refractivity contribution in [2.24, 2.45) is 0 Å². The molecule has 0 aromatic heterocycles. The van der Waals surface area contributed by atoms with E-state index in [0.717, 1.165) is 167 Å². The fourth-order valence-electron chi connectivity index (χ4n) is 13.7. The number of ether oxygens (including phenoxy) is 6. The summed E-state index contributed by atoms with van der Waals surface area (Å²) in [4.78, 5) is 103. The van der Waals surface area contributed by atoms with Crippen molar-refractivity contribution in [3.05, 3.63) is 24.3 Å². The van der Waals surface area contributed by atoms with Gasteiger partial charge in [-0.05, 0) is 117 Å². The van der Waals surface area contributed by atoms with Crippen LogP contribution in [-0.4, -0.2) is 176 Å². The number of aliphatic hydroxyl groups is 2. The van der Waals surface area contributed by atoms with Gasteiger partial charge in [0.2, 0.25) is 11.8 Å². The molecule has 0 aliphatic carbocycles. The Kier molecular flexibility index (Phi) is 71.2. The third-order valence-electron chi connectivity index (χ3n) is 20.6. The Hall–Kier alpha value is -3.72. The summed E-state index contributed by atoms with van der Waals surface area (Å²) in [5, 5.41) is 32.1. The number of aliphatic hydroxyl groups excluding tert-OH is 2. The van der Waals surface area contributed by atoms with Crippen molar-refractivity contribution in [3.63, 3.8) is 0 Å². The standard InChI is InChI=1S/C89H168N4O22P2/c1-9-15-21-27-31-35-39-45-51-57-79(112-83(98)59-53-47-41-37-33-29-23-17-11-3)69-81(96)92-75(71-106-65-61-77(94)55-49-43-25-19-13-5)73-110-116(102,103)108-67-63-90-87(100)85-86(115-89(7,8)114-85)88(101)91-64-68-109-117(104,105)111-74-76(72-107-66-62-78(95)56-50-44-26-20-14-6)93-82(97)70-80(58-52-46-40-36-32-28-22-16-10-2)113-84(99)60-54-48-42-38-34-30-24-18-12-4/h37-38,41-42,75-80,85-86,94-95H,9-36,39-40,43-74H2,1-8H3,(H,90,100)(H,91,101)(H,92,96)(H,93,97)(H,102,103)(H,104,105)/t75?,76?,77-,78-,79-,80-,85+,86+/m1/s1. The van der Waals surface area contributed by atoms with Crippen molar-refractivity contribution >= 4 is 51.2 Å². The highest BCUT2D eigenvalue weighted by Gasteiger charge is 2.49. The molecule has 0 saturated carbocycles. The van der Waals surface area contributed by atoms with E-state index in [1.54, 1.807) is 0 Å². The van der Waals surface area contributed by atoms with Crippen LogP contribution in [0, 0.1) is 0 Å². The fourth-order valence-corrected chi connectivity index (χ4v) is 15.2. The van der Waals surface area contributed by atoms with Crippen molar-refractivity contribution in [3.8, 4) is 0 Å². The molecule has 28 heteroatoms. The van der Waals surface area contributed by atoms with E-state index in [9.17, 15) is 57.9 Å². The number of amides is 4. The molecule has 0 bridgehead atoms. The topological polar surface area (TPSA) is 358 Å². The maximum Gasteiger partial charge on any atom is 0.472 e. The zero-order valence-corrected chi connectivity index (χ0v) is 76.1. The van der Waals surface area contributed by atoms with Crippen LogP contribution in [0.5, 0.6) is 0 Å². The molecule has 1 aliphatic rings. The average Bonchev–Trinajstić information content (AvgIpc) is 1.66. The Labute approximate surface area is 707 Å². The zero-order chi connectivity index (χ0) is 86.2. The molecular weight excluding hydrogens is 1540 g/mol. The Morgan fingerprint density at radius 3 is 0.991 bits per heavy atom. The van der Waals surface area contributed by atoms with Crippen LogP contribution in [0.2, 0.25) is 0 Å². The van der Waals surface area contributed by atoms with Crippen molar-refractivity contribution in [1.29, 1.82) is 0 Å². The number of carbonyl (C=O) groups excluding carboxylic acids is 6. The first-order valence-corrected chi connectivity index (χ1v) is 49.3. The lowest BCUT2D eigenvalue weighted by Crippen LogP contribution is -2.48. The second kappa shape index (κ2) is 74.9. The normalized spacial score (nSPS) is 16.8. The van der Waals surface area contributed by atoms with Gasteiger partial charge in [-0.2, -0.15) is 0 Å². The molecule has 1 saturated heterocycles. The highest BCUT2D eigenvalue weighted by molar-refractivity contribution is 7.47. The van der Waals surface area contributed by atoms with Crippen molar-refractivity contribution in [1.82, 2.24) is 21.3 Å². The van der Waals surface area contributed by atoms with E-state index in [4.69, 9.17) is 46.5 Å². The number of unbranched alkanes of at least 4 members (excludes halogenated alkanes) is 34. The number of rotatable bonds is 84. The van der Waals surface area contributed by atoms with E-state index in [2.05, 4.69) is 87.1 Å². The Morgan fingerprint density at radius 1 is 0.376 bits per heavy atom. The Morgan fingerprint density at radius 2 is 0.667 bits per heavy atom. The number of esters is 2. The van der Waals surface area contributed by atoms with E-state index in [1.165, 1.54) is 104 Å². The van der Waals surface area contributed by atoms with Gasteiger partial charge in [0.15, 0.2) is 18.0 Å². The minimum atomic E-state index is -4.88. The molecule has 686 valence electrons. The van der Waals surface area contributed by atoms with E-state index in [0.29, 0.717) is 51.4 Å². The third-order valence-corrected chi connectivity index (χ3v) is 22.6. The number of hydrogen-bond acceptors (Lipinski definition) is 20. The first kappa shape index (κ1) is 111. The number of allylic oxidation sites excluding steroid dienone is 4. The van der Waals surface area contributed by atoms with Crippen LogP contribution < -0.4 is 21.3 Å². The van der Waals surface area contributed by atoms with Gasteiger partial charge in [-0.1, -0.05) is 271 Å². The first-order chi connectivity index (χ1) is 56.4. The second-order valence-corrected chi connectivity index (χ2v) is 35.4. The van der Waals surface area contributed by atoms with Crippen molar-refractivity contribution in [2.75, 3.05) is 65.9 Å². The smallest absolute Gasteiger partial charge is 0.462 e. The van der Waals surface area contributed by atoms with Crippen LogP contribution in [0.4, 0.5) is 0 Å². The van der Waals surface area contributed by atoms with Crippen LogP contribution in [-0.2, 0) is 84.4 Å². The monoisotopic (exact) mass is 1710 g/mol. The summed E-state index contributed by atoms with van der Waals surface area (Å²) in [6.45, 7) is 13.0. The van der Waals surface area contributed by atoms with Gasteiger partial charge in [-0.3, -0.25) is 46.9 Å². The molecule has 1 aliphatic heterocycles. The lowest BCUT2D eigenvalue weighted by Gasteiger charge is -2.23. The number of phosphoric ester groups is 2. The maximum atomic E-state index is 13.9. The molecule has 0 radical (unpaired) electrons. The number of hydrogen-bond donors (Lipinski definition) is 8. The van der Waals surface area contributed by atoms with Gasteiger partial charge in [0, 0.05) is 39.1 Å². The SMILES string of the molecule is CCCCCCC=CCCCC(=O)O[C@H](CCCCCCCCCCC)CC(=O)NC(COCC[C@H](O)CCCCCCC)COP(=O)(O)OCCNC(=O)[C@H]1OC(C)(C)O[C@@H]1C(=O)NCCOP(=O)(O)OCC(COCC[C@H](O)CCCCCCC)NC(=O)C[C@@H](CCCCCCCCCCC)OC(=O)CCCC=CCCCCCC. The summed E-state index contributed by atoms with van der Waals surface area (Å²) < 4.78 is 83.5. The molecule has 1 fully saturated rings. The Bertz CT molecular complexity index is 2460. The number of nitrogens with one attached hydrogen (secondary N) is 4. The van der Waals surface area contributed by atoms with Gasteiger partial charge in [0.1, 0.15) is 12.2 Å². The number of carbonyl (C=O) groups is 6. The van der Waals surface area contributed by atoms with Crippen LogP contribution in [0.15, 0.2) is 24.3 Å². The van der Waals surface area contributed by atoms with Gasteiger partial charge in [0.05, 0.1) is 76.8 Å². The predicted molar refractivity (Wildman–Crippen MR) is 463 cm³/mol. The second-order valence-electron chi connectivity index (χ2n) is 32.5. The van der Waals surface area contributed by atoms with Crippen LogP contribution in [0.25, 0.3) is 0 Å². The first-order valence-electron chi connectivity index (χ1n) is 46.4. The molecule has 8 N–H and O–H groups in total. The molecule has 26 nitrogen and oxygen atoms in total. The van der Waals surface area contributed by atoms with Gasteiger partial charge >= 0.3 is 27.6 Å². The van der Waals surface area contributed by atoms with E-state index >= 15 is 0 Å². The van der Waals surface area contributed by atoms with Crippen LogP contribution in [0.3, 0.4) is 0 Å². The molecule has 4 unspecified atom stereocenters. The molecule has 0 aromatic rings. The largest absolute Gasteiger partial charge is 0.472 e. The maximum absolute atomic E-state index is 13.9. The summed E-state index contributed by atoms with van der Waals surface area (Å²) in [7, 11) is -9.77. The summed E-state index contributed by atoms with van der Waals surface area (Å²) >= 11 is 0. The van der Waals surface area contributed by atoms with Gasteiger partial charge in [-0.15, -0.1) is 0 Å². The molecule has 0 spiro atoms. The van der Waals surface area contributed by atoms with E-state index in [1.807, 2.05) is 0 Å². The van der Waals surface area contributed by atoms with E-state index in [-0.39, 0.29) is 77.1 Å². The predicted octanol–water partition coefficient (Wildman–Crippen LogP) is 19.1. The lowest BCUT2D eigenvalue weighted by molar-refractivity contribution is -0.159. The van der Waals surface area contributed by atoms with Crippen LogP contribution >= 0.6 is 15.6 Å². The molecule has 1 heterocycles. The molecular formula is C89H168N4O22P2. The molecule has 117 heavy (non-hydrogen) atoms. The van der Waals surface area contributed by atoms with Crippen LogP contribution in [0.1, 0.15) is 389 Å². The van der Waals surface area contributed by atoms with Gasteiger partial charge in [-0.25, -0.2) is 9.13 Å². The summed E-state index contributed by atoms with van der Waals surface area (Å²) in [6.07, 6.45) is 50.1. The van der Waals surface area contributed by atoms with Gasteiger partial charge < -0.3 is 69.7 Å². The minimum Gasteiger partial charge on any atom is -0.462 e. The number of phosphoric acid groups is 2. The molecule has 10 atom stereocenters. The summed E-state index contributed by atoms with van der Waals surface area (Å²) in [5.74, 6) is -4.88. The fraction of sp³-hybridized carbons (Fsp3) is 0.888. The average molecular weight is 1710 g/mol. The van der Waals surface area contributed by atoms with Crippen molar-refractivity contribution < 1.29 is 104 Å². The van der Waals surface area contributed by atoms with Gasteiger partial charge in [0.25, 0.3) is 11.8 Å². The molecule has 0 aromatic carbocycles. The molecule has 4 amide bonds. The lowest BCUT2D eigenvalue weighted by atomic mass is 10.0. The highest BCUT2D eigenvalue weighted by atomic mass is 31.2. The quantitative estimate of drug-likeness (QED) is 0.0121. The summed E-state index contributed by atoms with van der Waals surface area (Å²) in [6, 6.07) is -1.97. The van der Waals surface area contributed by atoms with Crippen molar-refractivity contribution in [2.45, 2.75) is 444 Å². The summed E-state index contributed by atoms with van der Waals surface area (Å²) in [5.41, 5.74) is 0. The Balaban J connectivity index is 3.11. The molecule has 1 rings (SSSR count). The minimum absolute atomic E-state index is 0.133. The third kappa shape index (κ3) is 67.5.